The van der Waals surface area contributed by atoms with Gasteiger partial charge in [-0.3, -0.25) is 15.0 Å². The number of nitro groups is 1. The highest BCUT2D eigenvalue weighted by Gasteiger charge is 2.29. The summed E-state index contributed by atoms with van der Waals surface area (Å²) < 4.78 is 0.622. The molecule has 0 aromatic heterocycles. The number of rotatable bonds is 6. The number of nitrogens with zero attached hydrogens (tertiary/aromatic N) is 2. The first-order chi connectivity index (χ1) is 8.63. The van der Waals surface area contributed by atoms with Crippen LogP contribution in [0, 0.1) is 10.1 Å². The lowest BCUT2D eigenvalue weighted by atomic mass is 10.2. The summed E-state index contributed by atoms with van der Waals surface area (Å²) in [5.74, 6) is 0. The van der Waals surface area contributed by atoms with Gasteiger partial charge in [0.15, 0.2) is 0 Å². The molecule has 0 spiro atoms. The summed E-state index contributed by atoms with van der Waals surface area (Å²) in [6, 6.07) is 5.93. The van der Waals surface area contributed by atoms with Crippen molar-refractivity contribution in [2.75, 3.05) is 6.54 Å². The number of hydrogen-bond acceptors (Lipinski definition) is 3. The van der Waals surface area contributed by atoms with Gasteiger partial charge in [-0.05, 0) is 47.3 Å². The molecule has 1 aromatic carbocycles. The predicted octanol–water partition coefficient (Wildman–Crippen LogP) is 3.73. The molecule has 0 unspecified atom stereocenters. The normalized spacial score (nSPS) is 15.1. The summed E-state index contributed by atoms with van der Waals surface area (Å²) in [4.78, 5) is 13.0. The van der Waals surface area contributed by atoms with Gasteiger partial charge in [0.1, 0.15) is 0 Å². The molecule has 1 aliphatic carbocycles. The molecule has 0 amide bonds. The number of nitro benzene ring substituents is 1. The summed E-state index contributed by atoms with van der Waals surface area (Å²) in [6.45, 7) is 4.01. The van der Waals surface area contributed by atoms with Crippen molar-refractivity contribution in [3.05, 3.63) is 38.3 Å². The Kier molecular flexibility index (Phi) is 4.35. The van der Waals surface area contributed by atoms with Crippen molar-refractivity contribution in [3.63, 3.8) is 0 Å². The minimum Gasteiger partial charge on any atom is -0.296 e. The Morgan fingerprint density at radius 2 is 2.22 bits per heavy atom. The maximum absolute atomic E-state index is 10.9. The van der Waals surface area contributed by atoms with Crippen LogP contribution in [-0.2, 0) is 6.54 Å². The third-order valence-corrected chi connectivity index (χ3v) is 4.12. The van der Waals surface area contributed by atoms with Crippen LogP contribution in [0.3, 0.4) is 0 Å². The van der Waals surface area contributed by atoms with Crippen LogP contribution in [0.2, 0.25) is 0 Å². The van der Waals surface area contributed by atoms with Crippen LogP contribution in [0.4, 0.5) is 5.69 Å². The van der Waals surface area contributed by atoms with Crippen molar-refractivity contribution in [1.82, 2.24) is 4.90 Å². The SMILES string of the molecule is CCCN(Cc1cccc([N+](=O)[O-])c1Br)C1CC1. The van der Waals surface area contributed by atoms with Gasteiger partial charge in [0.05, 0.1) is 9.40 Å². The van der Waals surface area contributed by atoms with Gasteiger partial charge in [-0.15, -0.1) is 0 Å². The van der Waals surface area contributed by atoms with Crippen molar-refractivity contribution in [3.8, 4) is 0 Å². The summed E-state index contributed by atoms with van der Waals surface area (Å²) in [6.07, 6.45) is 3.63. The first-order valence-electron chi connectivity index (χ1n) is 6.29. The summed E-state index contributed by atoms with van der Waals surface area (Å²) in [5, 5.41) is 10.9. The van der Waals surface area contributed by atoms with Gasteiger partial charge in [0.25, 0.3) is 5.69 Å². The molecular weight excluding hydrogens is 296 g/mol. The molecule has 1 saturated carbocycles. The van der Waals surface area contributed by atoms with E-state index in [-0.39, 0.29) is 10.6 Å². The Morgan fingerprint density at radius 1 is 1.50 bits per heavy atom. The zero-order chi connectivity index (χ0) is 13.1. The van der Waals surface area contributed by atoms with E-state index in [1.54, 1.807) is 6.07 Å². The minimum atomic E-state index is -0.338. The van der Waals surface area contributed by atoms with Crippen LogP contribution in [0.25, 0.3) is 0 Å². The summed E-state index contributed by atoms with van der Waals surface area (Å²) in [5.41, 5.74) is 1.16. The molecular formula is C13H17BrN2O2. The van der Waals surface area contributed by atoms with Crippen molar-refractivity contribution in [1.29, 1.82) is 0 Å². The van der Waals surface area contributed by atoms with Crippen molar-refractivity contribution in [2.45, 2.75) is 38.8 Å². The molecule has 0 heterocycles. The van der Waals surface area contributed by atoms with E-state index in [1.165, 1.54) is 18.9 Å². The summed E-state index contributed by atoms with van der Waals surface area (Å²) >= 11 is 3.36. The smallest absolute Gasteiger partial charge is 0.283 e. The van der Waals surface area contributed by atoms with Gasteiger partial charge in [-0.25, -0.2) is 0 Å². The van der Waals surface area contributed by atoms with Crippen LogP contribution in [-0.4, -0.2) is 22.4 Å². The van der Waals surface area contributed by atoms with E-state index in [4.69, 9.17) is 0 Å². The molecule has 0 aliphatic heterocycles. The lowest BCUT2D eigenvalue weighted by molar-refractivity contribution is -0.385. The van der Waals surface area contributed by atoms with Crippen LogP contribution in [0.1, 0.15) is 31.7 Å². The fourth-order valence-corrected chi connectivity index (χ4v) is 2.70. The van der Waals surface area contributed by atoms with Crippen LogP contribution >= 0.6 is 15.9 Å². The number of benzene rings is 1. The molecule has 5 heteroatoms. The highest BCUT2D eigenvalue weighted by molar-refractivity contribution is 9.10. The first-order valence-corrected chi connectivity index (χ1v) is 7.08. The van der Waals surface area contributed by atoms with E-state index in [0.29, 0.717) is 10.5 Å². The van der Waals surface area contributed by atoms with Crippen LogP contribution in [0.5, 0.6) is 0 Å². The number of hydrogen-bond donors (Lipinski definition) is 0. The van der Waals surface area contributed by atoms with Crippen LogP contribution < -0.4 is 0 Å². The van der Waals surface area contributed by atoms with Crippen molar-refractivity contribution >= 4 is 21.6 Å². The second kappa shape index (κ2) is 5.80. The molecule has 0 N–H and O–H groups in total. The maximum Gasteiger partial charge on any atom is 0.283 e. The van der Waals surface area contributed by atoms with Crippen molar-refractivity contribution < 1.29 is 4.92 Å². The molecule has 2 rings (SSSR count). The fourth-order valence-electron chi connectivity index (χ4n) is 2.17. The van der Waals surface area contributed by atoms with Gasteiger partial charge in [0, 0.05) is 18.7 Å². The third kappa shape index (κ3) is 3.09. The van der Waals surface area contributed by atoms with Crippen LogP contribution in [0.15, 0.2) is 22.7 Å². The van der Waals surface area contributed by atoms with E-state index in [0.717, 1.165) is 25.1 Å². The fraction of sp³-hybridized carbons (Fsp3) is 0.538. The standard InChI is InChI=1S/C13H17BrN2O2/c1-2-8-15(11-6-7-11)9-10-4-3-5-12(13(10)14)16(17)18/h3-5,11H,2,6-9H2,1H3. The highest BCUT2D eigenvalue weighted by atomic mass is 79.9. The monoisotopic (exact) mass is 312 g/mol. The third-order valence-electron chi connectivity index (χ3n) is 3.20. The van der Waals surface area contributed by atoms with E-state index < -0.39 is 0 Å². The molecule has 0 atom stereocenters. The maximum atomic E-state index is 10.9. The predicted molar refractivity (Wildman–Crippen MR) is 74.5 cm³/mol. The molecule has 4 nitrogen and oxygen atoms in total. The van der Waals surface area contributed by atoms with Gasteiger partial charge in [-0.2, -0.15) is 0 Å². The average Bonchev–Trinajstić information content (AvgIpc) is 3.14. The topological polar surface area (TPSA) is 46.4 Å². The Labute approximate surface area is 115 Å². The Bertz CT molecular complexity index is 447. The average molecular weight is 313 g/mol. The van der Waals surface area contributed by atoms with Gasteiger partial charge in [0.2, 0.25) is 0 Å². The molecule has 18 heavy (non-hydrogen) atoms. The quantitative estimate of drug-likeness (QED) is 0.594. The minimum absolute atomic E-state index is 0.153. The molecule has 98 valence electrons. The molecule has 1 aromatic rings. The largest absolute Gasteiger partial charge is 0.296 e. The van der Waals surface area contributed by atoms with Crippen molar-refractivity contribution in [2.24, 2.45) is 0 Å². The van der Waals surface area contributed by atoms with E-state index in [9.17, 15) is 10.1 Å². The summed E-state index contributed by atoms with van der Waals surface area (Å²) in [7, 11) is 0. The lowest BCUT2D eigenvalue weighted by Crippen LogP contribution is -2.26. The molecule has 0 saturated heterocycles. The first kappa shape index (κ1) is 13.5. The van der Waals surface area contributed by atoms with E-state index in [2.05, 4.69) is 27.8 Å². The zero-order valence-electron chi connectivity index (χ0n) is 10.4. The molecule has 1 aliphatic rings. The van der Waals surface area contributed by atoms with E-state index >= 15 is 0 Å². The Balaban J connectivity index is 2.17. The van der Waals surface area contributed by atoms with Gasteiger partial charge < -0.3 is 0 Å². The lowest BCUT2D eigenvalue weighted by Gasteiger charge is -2.21. The van der Waals surface area contributed by atoms with E-state index in [1.807, 2.05) is 6.07 Å². The number of halogens is 1. The second-order valence-electron chi connectivity index (χ2n) is 4.71. The Morgan fingerprint density at radius 3 is 2.78 bits per heavy atom. The Hall–Kier alpha value is -0.940. The molecule has 0 bridgehead atoms. The van der Waals surface area contributed by atoms with Gasteiger partial charge in [-0.1, -0.05) is 19.1 Å². The highest BCUT2D eigenvalue weighted by Crippen LogP contribution is 2.33. The van der Waals surface area contributed by atoms with Gasteiger partial charge >= 0.3 is 0 Å². The zero-order valence-corrected chi connectivity index (χ0v) is 12.0. The molecule has 0 radical (unpaired) electrons. The molecule has 1 fully saturated rings. The second-order valence-corrected chi connectivity index (χ2v) is 5.50.